The molecule has 0 heterocycles. The Balaban J connectivity index is 2.28. The molecule has 0 N–H and O–H groups in total. The minimum atomic E-state index is -1.25. The Morgan fingerprint density at radius 2 is 1.05 bits per heavy atom. The van der Waals surface area contributed by atoms with E-state index in [2.05, 4.69) is 75.7 Å². The lowest BCUT2D eigenvalue weighted by molar-refractivity contribution is 1.14. The Morgan fingerprint density at radius 1 is 0.684 bits per heavy atom. The van der Waals surface area contributed by atoms with E-state index in [1.807, 2.05) is 0 Å². The van der Waals surface area contributed by atoms with E-state index in [0.29, 0.717) is 4.66 Å². The molecule has 0 bridgehead atoms. The first-order chi connectivity index (χ1) is 8.69. The van der Waals surface area contributed by atoms with Crippen LogP contribution >= 0.6 is 0 Å². The van der Waals surface area contributed by atoms with Crippen molar-refractivity contribution >= 4 is 26.9 Å². The van der Waals surface area contributed by atoms with Crippen molar-refractivity contribution in [1.82, 2.24) is 0 Å². The molecule has 0 unspecified atom stereocenters. The largest absolute Gasteiger partial charge is 0.0688 e. The first-order valence-electron chi connectivity index (χ1n) is 7.23. The smallest absolute Gasteiger partial charge is 0.0578 e. The summed E-state index contributed by atoms with van der Waals surface area (Å²) < 4.78 is 0.499. The minimum absolute atomic E-state index is 0.499. The van der Waals surface area contributed by atoms with Crippen LogP contribution in [0.15, 0.2) is 36.4 Å². The molecule has 2 heteroatoms. The van der Waals surface area contributed by atoms with Gasteiger partial charge in [-0.1, -0.05) is 75.7 Å². The lowest BCUT2D eigenvalue weighted by atomic mass is 10.1. The number of rotatable bonds is 2. The van der Waals surface area contributed by atoms with Crippen LogP contribution in [-0.4, -0.2) is 16.1 Å². The normalized spacial score (nSPS) is 17.4. The Hall–Kier alpha value is -0.866. The van der Waals surface area contributed by atoms with E-state index in [9.17, 15) is 0 Å². The molecule has 1 aliphatic rings. The van der Waals surface area contributed by atoms with Crippen molar-refractivity contribution in [1.29, 1.82) is 0 Å². The van der Waals surface area contributed by atoms with Crippen LogP contribution in [0.5, 0.6) is 0 Å². The Morgan fingerprint density at radius 3 is 1.37 bits per heavy atom. The zero-order chi connectivity index (χ0) is 14.1. The topological polar surface area (TPSA) is 0 Å². The van der Waals surface area contributed by atoms with E-state index in [-0.39, 0.29) is 0 Å². The maximum absolute atomic E-state index is 2.55. The van der Waals surface area contributed by atoms with Gasteiger partial charge < -0.3 is 0 Å². The molecule has 3 rings (SSSR count). The number of hydrogen-bond donors (Lipinski definition) is 0. The van der Waals surface area contributed by atoms with Gasteiger partial charge in [-0.15, -0.1) is 0 Å². The Labute approximate surface area is 118 Å². The summed E-state index contributed by atoms with van der Waals surface area (Å²) in [5.74, 6) is 0. The SMILES string of the molecule is C[Si](C)(C)C1([Si](C)(C)C)c2cc3ccccc3cc21. The summed E-state index contributed by atoms with van der Waals surface area (Å²) in [6.07, 6.45) is 0. The van der Waals surface area contributed by atoms with Crippen molar-refractivity contribution < 1.29 is 0 Å². The molecule has 0 amide bonds. The van der Waals surface area contributed by atoms with Gasteiger partial charge in [0.25, 0.3) is 0 Å². The Kier molecular flexibility index (Phi) is 2.50. The molecule has 0 fully saturated rings. The van der Waals surface area contributed by atoms with Crippen molar-refractivity contribution in [3.05, 3.63) is 47.5 Å². The van der Waals surface area contributed by atoms with Gasteiger partial charge in [-0.05, 0) is 21.9 Å². The van der Waals surface area contributed by atoms with Crippen LogP contribution in [0.2, 0.25) is 39.3 Å². The zero-order valence-corrected chi connectivity index (χ0v) is 15.0. The summed E-state index contributed by atoms with van der Waals surface area (Å²) >= 11 is 0. The van der Waals surface area contributed by atoms with Gasteiger partial charge in [-0.2, -0.15) is 0 Å². The maximum Gasteiger partial charge on any atom is 0.0578 e. The van der Waals surface area contributed by atoms with Crippen molar-refractivity contribution in [3.8, 4) is 0 Å². The predicted molar refractivity (Wildman–Crippen MR) is 91.4 cm³/mol. The molecule has 0 aromatic heterocycles. The summed E-state index contributed by atoms with van der Waals surface area (Å²) in [6.45, 7) is 15.3. The van der Waals surface area contributed by atoms with Crippen molar-refractivity contribution in [2.24, 2.45) is 0 Å². The van der Waals surface area contributed by atoms with E-state index < -0.39 is 16.1 Å². The van der Waals surface area contributed by atoms with E-state index in [4.69, 9.17) is 0 Å². The third-order valence-electron chi connectivity index (χ3n) is 4.88. The van der Waals surface area contributed by atoms with Gasteiger partial charge in [-0.25, -0.2) is 0 Å². The van der Waals surface area contributed by atoms with E-state index in [1.54, 1.807) is 11.1 Å². The first-order valence-corrected chi connectivity index (χ1v) is 14.2. The van der Waals surface area contributed by atoms with Crippen molar-refractivity contribution in [3.63, 3.8) is 0 Å². The molecule has 2 aromatic carbocycles. The maximum atomic E-state index is 2.55. The lowest BCUT2D eigenvalue weighted by Crippen LogP contribution is -2.55. The van der Waals surface area contributed by atoms with Crippen LogP contribution < -0.4 is 0 Å². The number of fused-ring (bicyclic) bond motifs is 2. The fourth-order valence-electron chi connectivity index (χ4n) is 4.52. The van der Waals surface area contributed by atoms with Crippen LogP contribution in [0.4, 0.5) is 0 Å². The number of hydrogen-bond acceptors (Lipinski definition) is 0. The molecule has 0 radical (unpaired) electrons. The highest BCUT2D eigenvalue weighted by atomic mass is 28.4. The van der Waals surface area contributed by atoms with E-state index in [0.717, 1.165) is 0 Å². The van der Waals surface area contributed by atoms with Gasteiger partial charge in [0.05, 0.1) is 16.1 Å². The molecule has 0 saturated heterocycles. The molecule has 100 valence electrons. The summed E-state index contributed by atoms with van der Waals surface area (Å²) in [4.78, 5) is 0. The molecule has 0 spiro atoms. The van der Waals surface area contributed by atoms with Gasteiger partial charge in [0, 0.05) is 4.66 Å². The van der Waals surface area contributed by atoms with Gasteiger partial charge in [0.15, 0.2) is 0 Å². The van der Waals surface area contributed by atoms with Crippen LogP contribution in [0.3, 0.4) is 0 Å². The summed E-state index contributed by atoms with van der Waals surface area (Å²) in [7, 11) is -2.50. The highest BCUT2D eigenvalue weighted by molar-refractivity contribution is 7.01. The predicted octanol–water partition coefficient (Wildman–Crippen LogP) is 5.19. The van der Waals surface area contributed by atoms with Gasteiger partial charge in [-0.3, -0.25) is 0 Å². The van der Waals surface area contributed by atoms with Crippen molar-refractivity contribution in [2.75, 3.05) is 0 Å². The summed E-state index contributed by atoms with van der Waals surface area (Å²) in [6, 6.07) is 13.8. The molecule has 2 aromatic rings. The molecule has 19 heavy (non-hydrogen) atoms. The minimum Gasteiger partial charge on any atom is -0.0688 e. The molecule has 0 saturated carbocycles. The van der Waals surface area contributed by atoms with Crippen LogP contribution in [0.25, 0.3) is 10.8 Å². The fraction of sp³-hybridized carbons (Fsp3) is 0.412. The third-order valence-corrected chi connectivity index (χ3v) is 15.0. The van der Waals surface area contributed by atoms with Crippen molar-refractivity contribution in [2.45, 2.75) is 43.9 Å². The van der Waals surface area contributed by atoms with Crippen LogP contribution in [0, 0.1) is 0 Å². The second kappa shape index (κ2) is 3.61. The molecule has 0 atom stereocenters. The second-order valence-corrected chi connectivity index (χ2v) is 19.0. The quantitative estimate of drug-likeness (QED) is 0.665. The first kappa shape index (κ1) is 13.1. The van der Waals surface area contributed by atoms with E-state index in [1.165, 1.54) is 10.8 Å². The monoisotopic (exact) mass is 284 g/mol. The van der Waals surface area contributed by atoms with Crippen LogP contribution in [0.1, 0.15) is 11.1 Å². The zero-order valence-electron chi connectivity index (χ0n) is 13.0. The standard InChI is InChI=1S/C17H24Si2/c1-18(2,3)17(19(4,5)6)15-11-13-9-7-8-10-14(13)12-16(15)17/h7-12H,1-6H3. The molecule has 0 aliphatic heterocycles. The summed E-state index contributed by atoms with van der Waals surface area (Å²) in [5, 5.41) is 2.83. The highest BCUT2D eigenvalue weighted by Crippen LogP contribution is 2.61. The lowest BCUT2D eigenvalue weighted by Gasteiger charge is -2.40. The van der Waals surface area contributed by atoms with Crippen LogP contribution in [-0.2, 0) is 4.66 Å². The van der Waals surface area contributed by atoms with Gasteiger partial charge >= 0.3 is 0 Å². The number of benzene rings is 2. The molecular formula is C17H24Si2. The molecular weight excluding hydrogens is 260 g/mol. The third kappa shape index (κ3) is 1.56. The van der Waals surface area contributed by atoms with E-state index >= 15 is 0 Å². The highest BCUT2D eigenvalue weighted by Gasteiger charge is 2.65. The van der Waals surface area contributed by atoms with Gasteiger partial charge in [0.2, 0.25) is 0 Å². The fourth-order valence-corrected chi connectivity index (χ4v) is 17.5. The Bertz CT molecular complexity index is 598. The average Bonchev–Trinajstić information content (AvgIpc) is 2.93. The average molecular weight is 285 g/mol. The van der Waals surface area contributed by atoms with Gasteiger partial charge in [0.1, 0.15) is 0 Å². The summed E-state index contributed by atoms with van der Waals surface area (Å²) in [5.41, 5.74) is 3.37. The molecule has 1 aliphatic carbocycles. The second-order valence-electron chi connectivity index (χ2n) is 7.99. The molecule has 0 nitrogen and oxygen atoms in total.